The molecule has 0 radical (unpaired) electrons. The van der Waals surface area contributed by atoms with Crippen molar-refractivity contribution in [1.29, 1.82) is 0 Å². The lowest BCUT2D eigenvalue weighted by atomic mass is 10.1. The predicted octanol–water partition coefficient (Wildman–Crippen LogP) is 1.09. The Morgan fingerprint density at radius 3 is 2.33 bits per heavy atom. The summed E-state index contributed by atoms with van der Waals surface area (Å²) in [6.07, 6.45) is 3.89. The van der Waals surface area contributed by atoms with Gasteiger partial charge < -0.3 is 26.0 Å². The maximum absolute atomic E-state index is 9.55. The highest BCUT2D eigenvalue weighted by molar-refractivity contribution is 5.89. The maximum atomic E-state index is 9.55. The number of nitrogens with one attached hydrogen (secondary N) is 1. The number of aliphatic carboxylic acids is 2. The van der Waals surface area contributed by atoms with Crippen LogP contribution in [0.25, 0.3) is 10.9 Å². The van der Waals surface area contributed by atoms with Crippen LogP contribution in [0.1, 0.15) is 5.56 Å². The Bertz CT molecular complexity index is 644. The zero-order valence-corrected chi connectivity index (χ0v) is 11.1. The highest BCUT2D eigenvalue weighted by Crippen LogP contribution is 2.22. The summed E-state index contributed by atoms with van der Waals surface area (Å²) < 4.78 is 0. The van der Waals surface area contributed by atoms with E-state index in [1.54, 1.807) is 12.1 Å². The normalized spacial score (nSPS) is 10.3. The van der Waals surface area contributed by atoms with Gasteiger partial charge in [-0.1, -0.05) is 0 Å². The van der Waals surface area contributed by atoms with Gasteiger partial charge in [0.15, 0.2) is 0 Å². The summed E-state index contributed by atoms with van der Waals surface area (Å²) in [5.74, 6) is -2.22. The Morgan fingerprint density at radius 1 is 1.19 bits per heavy atom. The Morgan fingerprint density at radius 2 is 1.81 bits per heavy atom. The van der Waals surface area contributed by atoms with Gasteiger partial charge in [0.1, 0.15) is 5.75 Å². The van der Waals surface area contributed by atoms with Crippen molar-refractivity contribution < 1.29 is 24.9 Å². The van der Waals surface area contributed by atoms with Gasteiger partial charge in [0.2, 0.25) is 0 Å². The van der Waals surface area contributed by atoms with Crippen molar-refractivity contribution in [2.24, 2.45) is 5.73 Å². The van der Waals surface area contributed by atoms with E-state index in [2.05, 4.69) is 4.98 Å². The van der Waals surface area contributed by atoms with Crippen LogP contribution in [0.2, 0.25) is 0 Å². The monoisotopic (exact) mass is 292 g/mol. The van der Waals surface area contributed by atoms with Crippen molar-refractivity contribution in [2.75, 3.05) is 6.54 Å². The molecule has 21 heavy (non-hydrogen) atoms. The number of carboxylic acid groups (broad SMARTS) is 2. The number of phenolic OH excluding ortho intramolecular Hbond substituents is 1. The summed E-state index contributed by atoms with van der Waals surface area (Å²) >= 11 is 0. The van der Waals surface area contributed by atoms with Gasteiger partial charge in [0.25, 0.3) is 0 Å². The van der Waals surface area contributed by atoms with Gasteiger partial charge in [-0.3, -0.25) is 0 Å². The first-order chi connectivity index (χ1) is 9.93. The molecule has 112 valence electrons. The van der Waals surface area contributed by atoms with Crippen LogP contribution in [0, 0.1) is 0 Å². The highest BCUT2D eigenvalue weighted by atomic mass is 16.4. The molecule has 2 aromatic rings. The number of nitrogens with two attached hydrogens (primary N) is 1. The van der Waals surface area contributed by atoms with Gasteiger partial charge in [0.05, 0.1) is 0 Å². The molecule has 0 saturated heterocycles. The molecule has 0 spiro atoms. The number of benzene rings is 1. The quantitative estimate of drug-likeness (QED) is 0.535. The van der Waals surface area contributed by atoms with Crippen LogP contribution in [-0.2, 0) is 16.0 Å². The Kier molecular flexibility index (Phi) is 5.97. The molecular weight excluding hydrogens is 276 g/mol. The maximum Gasteiger partial charge on any atom is 0.328 e. The van der Waals surface area contributed by atoms with E-state index in [1.807, 2.05) is 12.3 Å². The number of hydrogen-bond acceptors (Lipinski definition) is 4. The van der Waals surface area contributed by atoms with Crippen molar-refractivity contribution in [3.8, 4) is 5.75 Å². The second-order valence-electron chi connectivity index (χ2n) is 4.09. The largest absolute Gasteiger partial charge is 0.508 e. The second-order valence-corrected chi connectivity index (χ2v) is 4.09. The fourth-order valence-corrected chi connectivity index (χ4v) is 1.67. The first-order valence-electron chi connectivity index (χ1n) is 6.07. The van der Waals surface area contributed by atoms with E-state index in [-0.39, 0.29) is 0 Å². The third kappa shape index (κ3) is 5.37. The molecule has 1 aromatic heterocycles. The minimum Gasteiger partial charge on any atom is -0.508 e. The molecule has 0 atom stereocenters. The van der Waals surface area contributed by atoms with Crippen molar-refractivity contribution in [3.63, 3.8) is 0 Å². The number of fused-ring (bicyclic) bond motifs is 1. The molecular formula is C14H16N2O5. The third-order valence-electron chi connectivity index (χ3n) is 2.53. The summed E-state index contributed by atoms with van der Waals surface area (Å²) in [7, 11) is 0. The van der Waals surface area contributed by atoms with E-state index in [4.69, 9.17) is 15.9 Å². The third-order valence-corrected chi connectivity index (χ3v) is 2.53. The molecule has 0 aliphatic rings. The smallest absolute Gasteiger partial charge is 0.328 e. The van der Waals surface area contributed by atoms with Crippen LogP contribution in [0.5, 0.6) is 5.75 Å². The van der Waals surface area contributed by atoms with E-state index in [1.165, 1.54) is 0 Å². The summed E-state index contributed by atoms with van der Waals surface area (Å²) in [6.45, 7) is 0.628. The average Bonchev–Trinajstić information content (AvgIpc) is 2.80. The van der Waals surface area contributed by atoms with E-state index in [9.17, 15) is 14.7 Å². The van der Waals surface area contributed by atoms with Crippen molar-refractivity contribution in [2.45, 2.75) is 6.42 Å². The summed E-state index contributed by atoms with van der Waals surface area (Å²) in [5.41, 5.74) is 7.68. The minimum absolute atomic E-state index is 0.297. The first kappa shape index (κ1) is 16.3. The lowest BCUT2D eigenvalue weighted by Crippen LogP contribution is -2.01. The van der Waals surface area contributed by atoms with Gasteiger partial charge in [0, 0.05) is 29.3 Å². The fraction of sp³-hybridized carbons (Fsp3) is 0.143. The highest BCUT2D eigenvalue weighted by Gasteiger charge is 2.02. The van der Waals surface area contributed by atoms with Crippen LogP contribution in [0.3, 0.4) is 0 Å². The van der Waals surface area contributed by atoms with E-state index >= 15 is 0 Å². The lowest BCUT2D eigenvalue weighted by Gasteiger charge is -1.96. The van der Waals surface area contributed by atoms with Gasteiger partial charge in [-0.25, -0.2) is 9.59 Å². The van der Waals surface area contributed by atoms with Crippen LogP contribution in [0.15, 0.2) is 36.5 Å². The predicted molar refractivity (Wildman–Crippen MR) is 77.1 cm³/mol. The van der Waals surface area contributed by atoms with Gasteiger partial charge in [-0.15, -0.1) is 0 Å². The van der Waals surface area contributed by atoms with Crippen molar-refractivity contribution in [1.82, 2.24) is 4.98 Å². The Balaban J connectivity index is 0.000000240. The Hall–Kier alpha value is -2.80. The SMILES string of the molecule is NCCc1c[nH]c2ccc(O)cc12.O=C(O)/C=C/C(=O)O. The second kappa shape index (κ2) is 7.71. The molecule has 1 heterocycles. The molecule has 1 aromatic carbocycles. The van der Waals surface area contributed by atoms with Crippen LogP contribution in [0.4, 0.5) is 0 Å². The number of phenols is 1. The zero-order valence-electron chi connectivity index (χ0n) is 11.1. The number of hydrogen-bond donors (Lipinski definition) is 5. The van der Waals surface area contributed by atoms with Crippen LogP contribution in [-0.4, -0.2) is 38.8 Å². The Labute approximate surface area is 120 Å². The number of rotatable bonds is 4. The van der Waals surface area contributed by atoms with Crippen molar-refractivity contribution in [3.05, 3.63) is 42.1 Å². The molecule has 6 N–H and O–H groups in total. The van der Waals surface area contributed by atoms with Crippen molar-refractivity contribution >= 4 is 22.8 Å². The molecule has 7 heteroatoms. The fourth-order valence-electron chi connectivity index (χ4n) is 1.67. The van der Waals surface area contributed by atoms with Gasteiger partial charge >= 0.3 is 11.9 Å². The molecule has 0 unspecified atom stereocenters. The van der Waals surface area contributed by atoms with Gasteiger partial charge in [-0.05, 0) is 36.7 Å². The number of aromatic hydroxyl groups is 1. The number of carbonyl (C=O) groups is 2. The minimum atomic E-state index is -1.26. The molecule has 0 bridgehead atoms. The van der Waals surface area contributed by atoms with Gasteiger partial charge in [-0.2, -0.15) is 0 Å². The first-order valence-corrected chi connectivity index (χ1v) is 6.07. The van der Waals surface area contributed by atoms with E-state index < -0.39 is 11.9 Å². The number of aromatic nitrogens is 1. The standard InChI is InChI=1S/C10H12N2O.C4H4O4/c11-4-3-7-6-12-10-2-1-8(13)5-9(7)10;5-3(6)1-2-4(7)8/h1-2,5-6,12-13H,3-4,11H2;1-2H,(H,5,6)(H,7,8)/b;2-1+. The van der Waals surface area contributed by atoms with E-state index in [0.717, 1.165) is 22.9 Å². The molecule has 0 fully saturated rings. The molecule has 0 aliphatic heterocycles. The number of H-pyrrole nitrogens is 1. The summed E-state index contributed by atoms with van der Waals surface area (Å²) in [6, 6.07) is 5.30. The molecule has 2 rings (SSSR count). The summed E-state index contributed by atoms with van der Waals surface area (Å²) in [4.78, 5) is 22.2. The topological polar surface area (TPSA) is 137 Å². The van der Waals surface area contributed by atoms with Crippen LogP contribution < -0.4 is 5.73 Å². The molecule has 7 nitrogen and oxygen atoms in total. The molecule has 0 amide bonds. The van der Waals surface area contributed by atoms with Crippen LogP contribution >= 0.6 is 0 Å². The molecule has 0 saturated carbocycles. The number of aromatic amines is 1. The number of carboxylic acids is 2. The zero-order chi connectivity index (χ0) is 15.8. The van der Waals surface area contributed by atoms with E-state index in [0.29, 0.717) is 24.4 Å². The summed E-state index contributed by atoms with van der Waals surface area (Å²) in [5, 5.41) is 26.0. The lowest BCUT2D eigenvalue weighted by molar-refractivity contribution is -0.134. The average molecular weight is 292 g/mol. The molecule has 0 aliphatic carbocycles.